The molecule has 1 aromatic heterocycles. The fourth-order valence-corrected chi connectivity index (χ4v) is 7.44. The standard InChI is InChI=1S/C23H26N4O5S2/c1-17-15-26(16-23(28)25-20-9-5-8-19-18(20)7-6-12-24-19)13-14-27(17)34(31,32)22-11-4-3-10-21(22)33(2,29)30/h3-12,17H,13-16H2,1-2H3,(H,25,28). The van der Waals surface area contributed by atoms with E-state index in [1.54, 1.807) is 19.2 Å². The second-order valence-corrected chi connectivity index (χ2v) is 12.2. The normalized spacial score (nSPS) is 18.1. The fraction of sp³-hybridized carbons (Fsp3) is 0.304. The summed E-state index contributed by atoms with van der Waals surface area (Å²) in [7, 11) is -7.75. The van der Waals surface area contributed by atoms with Crippen LogP contribution in [0, 0.1) is 0 Å². The Labute approximate surface area is 199 Å². The molecule has 4 rings (SSSR count). The number of nitrogens with one attached hydrogen (secondary N) is 1. The van der Waals surface area contributed by atoms with E-state index in [0.29, 0.717) is 18.8 Å². The van der Waals surface area contributed by atoms with E-state index in [1.165, 1.54) is 28.6 Å². The van der Waals surface area contributed by atoms with E-state index in [0.717, 1.165) is 17.2 Å². The lowest BCUT2D eigenvalue weighted by molar-refractivity contribution is -0.117. The van der Waals surface area contributed by atoms with Gasteiger partial charge in [0, 0.05) is 43.5 Å². The highest BCUT2D eigenvalue weighted by atomic mass is 32.2. The molecule has 2 heterocycles. The molecule has 3 aromatic rings. The van der Waals surface area contributed by atoms with Gasteiger partial charge >= 0.3 is 0 Å². The van der Waals surface area contributed by atoms with Gasteiger partial charge in [-0.25, -0.2) is 16.8 Å². The highest BCUT2D eigenvalue weighted by molar-refractivity contribution is 7.93. The Morgan fingerprint density at radius 1 is 1.00 bits per heavy atom. The number of carbonyl (C=O) groups is 1. The van der Waals surface area contributed by atoms with Crippen LogP contribution in [0.5, 0.6) is 0 Å². The first kappa shape index (κ1) is 24.3. The zero-order valence-corrected chi connectivity index (χ0v) is 20.5. The van der Waals surface area contributed by atoms with Crippen LogP contribution in [-0.4, -0.2) is 75.4 Å². The van der Waals surface area contributed by atoms with Crippen molar-refractivity contribution in [2.75, 3.05) is 37.8 Å². The summed E-state index contributed by atoms with van der Waals surface area (Å²) >= 11 is 0. The van der Waals surface area contributed by atoms with Crippen molar-refractivity contribution in [2.45, 2.75) is 22.8 Å². The average molecular weight is 503 g/mol. The third kappa shape index (κ3) is 4.97. The number of fused-ring (bicyclic) bond motifs is 1. The quantitative estimate of drug-likeness (QED) is 0.548. The van der Waals surface area contributed by atoms with Crippen molar-refractivity contribution >= 4 is 42.4 Å². The fourth-order valence-electron chi connectivity index (χ4n) is 4.22. The number of amides is 1. The first-order chi connectivity index (χ1) is 16.1. The molecule has 0 aliphatic carbocycles. The Balaban J connectivity index is 1.45. The highest BCUT2D eigenvalue weighted by Crippen LogP contribution is 2.27. The van der Waals surface area contributed by atoms with Crippen molar-refractivity contribution in [3.05, 3.63) is 60.8 Å². The van der Waals surface area contributed by atoms with E-state index in [1.807, 2.05) is 29.2 Å². The average Bonchev–Trinajstić information content (AvgIpc) is 2.78. The molecule has 1 fully saturated rings. The third-order valence-electron chi connectivity index (χ3n) is 5.77. The van der Waals surface area contributed by atoms with Crippen LogP contribution in [0.3, 0.4) is 0 Å². The van der Waals surface area contributed by atoms with Gasteiger partial charge in [0.2, 0.25) is 15.9 Å². The Bertz CT molecular complexity index is 1440. The van der Waals surface area contributed by atoms with Crippen molar-refractivity contribution in [3.8, 4) is 0 Å². The molecular weight excluding hydrogens is 476 g/mol. The van der Waals surface area contributed by atoms with Gasteiger partial charge in [0.1, 0.15) is 4.90 Å². The summed E-state index contributed by atoms with van der Waals surface area (Å²) in [4.78, 5) is 18.5. The largest absolute Gasteiger partial charge is 0.324 e. The molecule has 1 aliphatic rings. The first-order valence-corrected chi connectivity index (χ1v) is 14.1. The number of sulfone groups is 1. The van der Waals surface area contributed by atoms with Crippen LogP contribution >= 0.6 is 0 Å². The number of rotatable bonds is 6. The third-order valence-corrected chi connectivity index (χ3v) is 9.13. The zero-order valence-electron chi connectivity index (χ0n) is 18.9. The van der Waals surface area contributed by atoms with Crippen molar-refractivity contribution in [2.24, 2.45) is 0 Å². The summed E-state index contributed by atoms with van der Waals surface area (Å²) in [5.41, 5.74) is 1.45. The molecule has 0 saturated carbocycles. The number of hydrogen-bond donors (Lipinski definition) is 1. The van der Waals surface area contributed by atoms with Crippen molar-refractivity contribution in [1.82, 2.24) is 14.2 Å². The number of sulfonamides is 1. The number of hydrogen-bond acceptors (Lipinski definition) is 7. The van der Waals surface area contributed by atoms with Crippen molar-refractivity contribution < 1.29 is 21.6 Å². The molecule has 180 valence electrons. The SMILES string of the molecule is CC1CN(CC(=O)Nc2cccc3ncccc23)CCN1S(=O)(=O)c1ccccc1S(C)(=O)=O. The van der Waals surface area contributed by atoms with Crippen molar-refractivity contribution in [3.63, 3.8) is 0 Å². The Kier molecular flexibility index (Phi) is 6.72. The number of piperazine rings is 1. The summed E-state index contributed by atoms with van der Waals surface area (Å²) in [6.07, 6.45) is 2.69. The minimum atomic E-state index is -4.03. The molecule has 1 aliphatic heterocycles. The Morgan fingerprint density at radius 2 is 1.74 bits per heavy atom. The van der Waals surface area contributed by atoms with E-state index in [-0.39, 0.29) is 28.8 Å². The molecule has 2 aromatic carbocycles. The molecule has 1 saturated heterocycles. The predicted molar refractivity (Wildman–Crippen MR) is 130 cm³/mol. The lowest BCUT2D eigenvalue weighted by atomic mass is 10.2. The van der Waals surface area contributed by atoms with Gasteiger partial charge in [-0.3, -0.25) is 14.7 Å². The minimum Gasteiger partial charge on any atom is -0.324 e. The number of anilines is 1. The van der Waals surface area contributed by atoms with Crippen LogP contribution in [0.25, 0.3) is 10.9 Å². The van der Waals surface area contributed by atoms with E-state index < -0.39 is 25.9 Å². The van der Waals surface area contributed by atoms with Crippen LogP contribution in [-0.2, 0) is 24.7 Å². The van der Waals surface area contributed by atoms with Gasteiger partial charge in [0.05, 0.1) is 22.6 Å². The second-order valence-electron chi connectivity index (χ2n) is 8.34. The number of pyridine rings is 1. The number of benzene rings is 2. The molecule has 1 amide bonds. The predicted octanol–water partition coefficient (Wildman–Crippen LogP) is 1.97. The first-order valence-electron chi connectivity index (χ1n) is 10.7. The lowest BCUT2D eigenvalue weighted by Crippen LogP contribution is -2.55. The van der Waals surface area contributed by atoms with Gasteiger partial charge in [0.15, 0.2) is 9.84 Å². The maximum absolute atomic E-state index is 13.3. The van der Waals surface area contributed by atoms with Gasteiger partial charge < -0.3 is 5.32 Å². The molecule has 9 nitrogen and oxygen atoms in total. The molecule has 11 heteroatoms. The van der Waals surface area contributed by atoms with Crippen molar-refractivity contribution in [1.29, 1.82) is 0 Å². The van der Waals surface area contributed by atoms with Gasteiger partial charge in [-0.15, -0.1) is 0 Å². The van der Waals surface area contributed by atoms with E-state index in [4.69, 9.17) is 0 Å². The van der Waals surface area contributed by atoms with Gasteiger partial charge in [0.25, 0.3) is 0 Å². The molecule has 0 radical (unpaired) electrons. The van der Waals surface area contributed by atoms with E-state index in [2.05, 4.69) is 10.3 Å². The number of carbonyl (C=O) groups excluding carboxylic acids is 1. The van der Waals surface area contributed by atoms with E-state index >= 15 is 0 Å². The van der Waals surface area contributed by atoms with Crippen LogP contribution in [0.1, 0.15) is 6.92 Å². The van der Waals surface area contributed by atoms with Crippen LogP contribution < -0.4 is 5.32 Å². The highest BCUT2D eigenvalue weighted by Gasteiger charge is 2.36. The topological polar surface area (TPSA) is 117 Å². The molecule has 1 atom stereocenters. The van der Waals surface area contributed by atoms with Gasteiger partial charge in [-0.05, 0) is 43.3 Å². The molecule has 0 spiro atoms. The molecule has 1 unspecified atom stereocenters. The summed E-state index contributed by atoms with van der Waals surface area (Å²) in [6.45, 7) is 2.68. The van der Waals surface area contributed by atoms with Crippen LogP contribution in [0.2, 0.25) is 0 Å². The second kappa shape index (κ2) is 9.41. The van der Waals surface area contributed by atoms with E-state index in [9.17, 15) is 21.6 Å². The zero-order chi connectivity index (χ0) is 24.5. The Morgan fingerprint density at radius 3 is 2.44 bits per heavy atom. The summed E-state index contributed by atoms with van der Waals surface area (Å²) < 4.78 is 52.2. The summed E-state index contributed by atoms with van der Waals surface area (Å²) in [6, 6.07) is 14.4. The Hall–Kier alpha value is -2.86. The van der Waals surface area contributed by atoms with Crippen LogP contribution in [0.4, 0.5) is 5.69 Å². The summed E-state index contributed by atoms with van der Waals surface area (Å²) in [5, 5.41) is 3.76. The molecular formula is C23H26N4O5S2. The number of nitrogens with zero attached hydrogens (tertiary/aromatic N) is 3. The lowest BCUT2D eigenvalue weighted by Gasteiger charge is -2.38. The maximum Gasteiger partial charge on any atom is 0.244 e. The van der Waals surface area contributed by atoms with Gasteiger partial charge in [-0.2, -0.15) is 4.31 Å². The number of aromatic nitrogens is 1. The maximum atomic E-state index is 13.3. The van der Waals surface area contributed by atoms with Gasteiger partial charge in [-0.1, -0.05) is 18.2 Å². The molecule has 0 bridgehead atoms. The monoisotopic (exact) mass is 502 g/mol. The van der Waals surface area contributed by atoms with Crippen LogP contribution in [0.15, 0.2) is 70.6 Å². The summed E-state index contributed by atoms with van der Waals surface area (Å²) in [5.74, 6) is -0.206. The molecule has 34 heavy (non-hydrogen) atoms. The minimum absolute atomic E-state index is 0.106. The molecule has 1 N–H and O–H groups in total. The smallest absolute Gasteiger partial charge is 0.244 e.